The second-order valence-electron chi connectivity index (χ2n) is 7.42. The van der Waals surface area contributed by atoms with Crippen molar-refractivity contribution in [3.63, 3.8) is 0 Å². The third-order valence-electron chi connectivity index (χ3n) is 5.93. The topological polar surface area (TPSA) is 53.1 Å². The molecule has 4 rings (SSSR count). The molecule has 6 nitrogen and oxygen atoms in total. The molecule has 0 N–H and O–H groups in total. The van der Waals surface area contributed by atoms with Crippen LogP contribution < -0.4 is 4.90 Å². The lowest BCUT2D eigenvalue weighted by Crippen LogP contribution is -2.50. The van der Waals surface area contributed by atoms with Gasteiger partial charge in [-0.1, -0.05) is 18.2 Å². The van der Waals surface area contributed by atoms with Crippen molar-refractivity contribution >= 4 is 17.7 Å². The zero-order valence-corrected chi connectivity index (χ0v) is 15.4. The first kappa shape index (κ1) is 17.3. The fourth-order valence-corrected chi connectivity index (χ4v) is 4.61. The Morgan fingerprint density at radius 1 is 1.12 bits per heavy atom. The van der Waals surface area contributed by atoms with Crippen LogP contribution >= 0.6 is 0 Å². The van der Waals surface area contributed by atoms with Crippen molar-refractivity contribution in [3.05, 3.63) is 29.8 Å². The number of hydrogen-bond acceptors (Lipinski definition) is 4. The Hall–Kier alpha value is -2.08. The number of rotatable bonds is 3. The van der Waals surface area contributed by atoms with Crippen LogP contribution in [0.3, 0.4) is 0 Å². The van der Waals surface area contributed by atoms with Gasteiger partial charge < -0.3 is 14.5 Å². The predicted molar refractivity (Wildman–Crippen MR) is 99.2 cm³/mol. The molecule has 0 saturated carbocycles. The first-order valence-corrected chi connectivity index (χ1v) is 9.73. The summed E-state index contributed by atoms with van der Waals surface area (Å²) in [4.78, 5) is 30.7. The number of anilines is 1. The van der Waals surface area contributed by atoms with Gasteiger partial charge in [0.05, 0.1) is 13.0 Å². The maximum Gasteiger partial charge on any atom is 0.409 e. The van der Waals surface area contributed by atoms with Gasteiger partial charge in [0.15, 0.2) is 0 Å². The highest BCUT2D eigenvalue weighted by atomic mass is 16.6. The summed E-state index contributed by atoms with van der Waals surface area (Å²) in [5, 5.41) is 0. The molecule has 0 radical (unpaired) electrons. The summed E-state index contributed by atoms with van der Waals surface area (Å²) in [5.74, 6) is 0.235. The number of amides is 2. The first-order chi connectivity index (χ1) is 12.7. The van der Waals surface area contributed by atoms with E-state index in [-0.39, 0.29) is 12.0 Å². The molecule has 3 heterocycles. The average Bonchev–Trinajstić information content (AvgIpc) is 3.26. The molecule has 1 aromatic carbocycles. The van der Waals surface area contributed by atoms with Gasteiger partial charge in [0.1, 0.15) is 0 Å². The minimum absolute atomic E-state index is 0.191. The van der Waals surface area contributed by atoms with Gasteiger partial charge in [0, 0.05) is 44.0 Å². The van der Waals surface area contributed by atoms with Gasteiger partial charge >= 0.3 is 6.09 Å². The minimum Gasteiger partial charge on any atom is -0.450 e. The third-order valence-corrected chi connectivity index (χ3v) is 5.93. The Morgan fingerprint density at radius 3 is 2.62 bits per heavy atom. The average molecular weight is 357 g/mol. The molecular weight excluding hydrogens is 330 g/mol. The van der Waals surface area contributed by atoms with E-state index in [1.165, 1.54) is 0 Å². The Bertz CT molecular complexity index is 685. The summed E-state index contributed by atoms with van der Waals surface area (Å²) >= 11 is 0. The zero-order chi connectivity index (χ0) is 18.1. The maximum atomic E-state index is 12.5. The Labute approximate surface area is 154 Å². The van der Waals surface area contributed by atoms with Crippen LogP contribution in [0.5, 0.6) is 0 Å². The van der Waals surface area contributed by atoms with E-state index >= 15 is 0 Å². The molecule has 140 valence electrons. The van der Waals surface area contributed by atoms with Crippen molar-refractivity contribution in [2.45, 2.75) is 44.7 Å². The summed E-state index contributed by atoms with van der Waals surface area (Å²) in [6.45, 7) is 5.77. The molecule has 2 fully saturated rings. The van der Waals surface area contributed by atoms with Gasteiger partial charge in [-0.25, -0.2) is 4.79 Å². The number of piperidine rings is 1. The fraction of sp³-hybridized carbons (Fsp3) is 0.600. The number of para-hydroxylation sites is 1. The Kier molecular flexibility index (Phi) is 4.85. The van der Waals surface area contributed by atoms with Crippen molar-refractivity contribution in [2.75, 3.05) is 37.7 Å². The van der Waals surface area contributed by atoms with Gasteiger partial charge in [0.2, 0.25) is 5.91 Å². The van der Waals surface area contributed by atoms with Gasteiger partial charge in [0.25, 0.3) is 0 Å². The van der Waals surface area contributed by atoms with Crippen molar-refractivity contribution < 1.29 is 14.3 Å². The van der Waals surface area contributed by atoms with Crippen LogP contribution in [-0.2, 0) is 16.0 Å². The molecule has 3 aliphatic heterocycles. The molecule has 0 spiro atoms. The molecule has 2 saturated heterocycles. The van der Waals surface area contributed by atoms with Crippen LogP contribution in [0.1, 0.15) is 31.7 Å². The number of fused-ring (bicyclic) bond motifs is 1. The van der Waals surface area contributed by atoms with E-state index < -0.39 is 0 Å². The second-order valence-corrected chi connectivity index (χ2v) is 7.42. The largest absolute Gasteiger partial charge is 0.450 e. The zero-order valence-electron chi connectivity index (χ0n) is 15.4. The minimum atomic E-state index is -0.191. The number of benzene rings is 1. The number of ether oxygens (including phenoxy) is 1. The van der Waals surface area contributed by atoms with E-state index in [4.69, 9.17) is 4.74 Å². The highest BCUT2D eigenvalue weighted by molar-refractivity contribution is 6.01. The highest BCUT2D eigenvalue weighted by Gasteiger charge is 2.37. The van der Waals surface area contributed by atoms with E-state index in [2.05, 4.69) is 17.0 Å². The number of carbonyl (C=O) groups is 2. The number of hydrogen-bond donors (Lipinski definition) is 0. The molecule has 0 aromatic heterocycles. The summed E-state index contributed by atoms with van der Waals surface area (Å²) < 4.78 is 5.12. The van der Waals surface area contributed by atoms with Crippen LogP contribution in [-0.4, -0.2) is 66.7 Å². The molecule has 3 aliphatic rings. The molecule has 0 aliphatic carbocycles. The first-order valence-electron chi connectivity index (χ1n) is 9.73. The molecule has 0 unspecified atom stereocenters. The second kappa shape index (κ2) is 7.27. The van der Waals surface area contributed by atoms with E-state index in [0.717, 1.165) is 56.7 Å². The van der Waals surface area contributed by atoms with E-state index in [9.17, 15) is 9.59 Å². The van der Waals surface area contributed by atoms with Crippen LogP contribution in [0.4, 0.5) is 10.5 Å². The Balaban J connectivity index is 1.34. The molecule has 1 atom stereocenters. The monoisotopic (exact) mass is 357 g/mol. The van der Waals surface area contributed by atoms with Gasteiger partial charge in [-0.2, -0.15) is 0 Å². The fourth-order valence-electron chi connectivity index (χ4n) is 4.61. The molecule has 1 aromatic rings. The lowest BCUT2D eigenvalue weighted by molar-refractivity contribution is -0.118. The lowest BCUT2D eigenvalue weighted by atomic mass is 10.0. The smallest absolute Gasteiger partial charge is 0.409 e. The molecular formula is C20H27N3O3. The molecule has 0 bridgehead atoms. The van der Waals surface area contributed by atoms with Crippen LogP contribution in [0, 0.1) is 0 Å². The predicted octanol–water partition coefficient (Wildman–Crippen LogP) is 2.27. The number of likely N-dealkylation sites (tertiary alicyclic amines) is 2. The third kappa shape index (κ3) is 3.18. The maximum absolute atomic E-state index is 12.5. The number of nitrogens with zero attached hydrogens (tertiary/aromatic N) is 3. The van der Waals surface area contributed by atoms with Gasteiger partial charge in [-0.05, 0) is 37.8 Å². The molecule has 2 amide bonds. The lowest BCUT2D eigenvalue weighted by Gasteiger charge is -2.39. The van der Waals surface area contributed by atoms with Gasteiger partial charge in [-0.3, -0.25) is 9.69 Å². The van der Waals surface area contributed by atoms with Crippen molar-refractivity contribution in [1.82, 2.24) is 9.80 Å². The van der Waals surface area contributed by atoms with Crippen molar-refractivity contribution in [3.8, 4) is 0 Å². The summed E-state index contributed by atoms with van der Waals surface area (Å²) in [6.07, 6.45) is 3.35. The van der Waals surface area contributed by atoms with Crippen molar-refractivity contribution in [2.24, 2.45) is 0 Å². The summed E-state index contributed by atoms with van der Waals surface area (Å²) in [6, 6.07) is 8.87. The van der Waals surface area contributed by atoms with E-state index in [1.54, 1.807) is 0 Å². The summed E-state index contributed by atoms with van der Waals surface area (Å²) in [7, 11) is 0. The van der Waals surface area contributed by atoms with E-state index in [1.807, 2.05) is 28.9 Å². The number of carbonyl (C=O) groups excluding carboxylic acids is 2. The normalized spacial score (nSPS) is 24.2. The van der Waals surface area contributed by atoms with Gasteiger partial charge in [-0.15, -0.1) is 0 Å². The van der Waals surface area contributed by atoms with Crippen LogP contribution in [0.15, 0.2) is 24.3 Å². The van der Waals surface area contributed by atoms with Crippen LogP contribution in [0.2, 0.25) is 0 Å². The van der Waals surface area contributed by atoms with E-state index in [0.29, 0.717) is 25.1 Å². The standard InChI is InChI=1S/C20H27N3O3/c1-2-26-20(25)22-12-9-17(14-22)21-10-7-16(8-11-21)23-18-6-4-3-5-15(18)13-19(23)24/h3-6,16-17H,2,7-14H2,1H3/t17-/m1/s1. The SMILES string of the molecule is CCOC(=O)N1CC[C@@H](N2CCC(N3C(=O)Cc4ccccc43)CC2)C1. The Morgan fingerprint density at radius 2 is 1.85 bits per heavy atom. The summed E-state index contributed by atoms with van der Waals surface area (Å²) in [5.41, 5.74) is 2.26. The molecule has 26 heavy (non-hydrogen) atoms. The highest BCUT2D eigenvalue weighted by Crippen LogP contribution is 2.34. The molecule has 6 heteroatoms. The quantitative estimate of drug-likeness (QED) is 0.833. The van der Waals surface area contributed by atoms with Crippen molar-refractivity contribution in [1.29, 1.82) is 0 Å². The van der Waals surface area contributed by atoms with Crippen LogP contribution in [0.25, 0.3) is 0 Å².